The van der Waals surface area contributed by atoms with E-state index in [4.69, 9.17) is 0 Å². The molecule has 0 N–H and O–H groups in total. The summed E-state index contributed by atoms with van der Waals surface area (Å²) in [5.41, 5.74) is 3.47. The van der Waals surface area contributed by atoms with Crippen molar-refractivity contribution in [1.82, 2.24) is 9.55 Å². The number of nitrogens with zero attached hydrogens (tertiary/aromatic N) is 2. The molecule has 23 heavy (non-hydrogen) atoms. The van der Waals surface area contributed by atoms with Crippen LogP contribution in [0.15, 0.2) is 77.2 Å². The smallest absolute Gasteiger partial charge is 0.262 e. The average molecular weight is 318 g/mol. The van der Waals surface area contributed by atoms with Crippen molar-refractivity contribution in [3.63, 3.8) is 0 Å². The van der Waals surface area contributed by atoms with E-state index >= 15 is 0 Å². The average Bonchev–Trinajstić information content (AvgIpc) is 3.08. The lowest BCUT2D eigenvalue weighted by Gasteiger charge is -2.07. The van der Waals surface area contributed by atoms with Gasteiger partial charge in [0, 0.05) is 0 Å². The molecule has 0 unspecified atom stereocenters. The lowest BCUT2D eigenvalue weighted by atomic mass is 10.0. The van der Waals surface area contributed by atoms with Gasteiger partial charge in [-0.3, -0.25) is 9.36 Å². The first-order valence-corrected chi connectivity index (χ1v) is 8.26. The van der Waals surface area contributed by atoms with Gasteiger partial charge in [-0.05, 0) is 28.1 Å². The maximum absolute atomic E-state index is 12.4. The highest BCUT2D eigenvalue weighted by atomic mass is 32.1. The quantitative estimate of drug-likeness (QED) is 0.568. The SMILES string of the molecule is O=c1c2ccsc2ncn1Cc1ccc(-c2ccccc2)cc1. The monoisotopic (exact) mass is 318 g/mol. The molecule has 0 bridgehead atoms. The summed E-state index contributed by atoms with van der Waals surface area (Å²) in [7, 11) is 0. The van der Waals surface area contributed by atoms with E-state index in [1.807, 2.05) is 29.6 Å². The van der Waals surface area contributed by atoms with E-state index in [9.17, 15) is 4.79 Å². The van der Waals surface area contributed by atoms with Gasteiger partial charge < -0.3 is 0 Å². The van der Waals surface area contributed by atoms with Crippen molar-refractivity contribution >= 4 is 21.6 Å². The Morgan fingerprint density at radius 3 is 2.43 bits per heavy atom. The van der Waals surface area contributed by atoms with Gasteiger partial charge in [0.2, 0.25) is 0 Å². The lowest BCUT2D eigenvalue weighted by Crippen LogP contribution is -2.20. The molecular formula is C19H14N2OS. The number of fused-ring (bicyclic) bond motifs is 1. The van der Waals surface area contributed by atoms with Crippen LogP contribution in [0.5, 0.6) is 0 Å². The summed E-state index contributed by atoms with van der Waals surface area (Å²) in [6.45, 7) is 0.534. The van der Waals surface area contributed by atoms with Crippen molar-refractivity contribution in [2.75, 3.05) is 0 Å². The number of hydrogen-bond donors (Lipinski definition) is 0. The molecule has 2 aromatic carbocycles. The summed E-state index contributed by atoms with van der Waals surface area (Å²) in [6, 6.07) is 20.4. The fraction of sp³-hybridized carbons (Fsp3) is 0.0526. The van der Waals surface area contributed by atoms with Crippen LogP contribution in [0.3, 0.4) is 0 Å². The van der Waals surface area contributed by atoms with Gasteiger partial charge in [0.15, 0.2) is 0 Å². The number of aromatic nitrogens is 2. The van der Waals surface area contributed by atoms with Crippen molar-refractivity contribution in [2.45, 2.75) is 6.54 Å². The van der Waals surface area contributed by atoms with Crippen LogP contribution < -0.4 is 5.56 Å². The standard InChI is InChI=1S/C19H14N2OS/c22-19-17-10-11-23-18(17)20-13-21(19)12-14-6-8-16(9-7-14)15-4-2-1-3-5-15/h1-11,13H,12H2. The Kier molecular flexibility index (Phi) is 3.52. The maximum Gasteiger partial charge on any atom is 0.262 e. The summed E-state index contributed by atoms with van der Waals surface area (Å²) >= 11 is 1.49. The molecule has 0 amide bonds. The van der Waals surface area contributed by atoms with Gasteiger partial charge in [0.05, 0.1) is 18.3 Å². The molecule has 112 valence electrons. The second-order valence-corrected chi connectivity index (χ2v) is 6.27. The molecule has 0 aliphatic carbocycles. The van der Waals surface area contributed by atoms with Crippen LogP contribution >= 0.6 is 11.3 Å². The molecule has 0 fully saturated rings. The van der Waals surface area contributed by atoms with E-state index in [2.05, 4.69) is 41.4 Å². The Balaban J connectivity index is 1.63. The van der Waals surface area contributed by atoms with E-state index in [0.29, 0.717) is 11.9 Å². The third-order valence-corrected chi connectivity index (χ3v) is 4.69. The van der Waals surface area contributed by atoms with Gasteiger partial charge in [-0.15, -0.1) is 11.3 Å². The number of benzene rings is 2. The highest BCUT2D eigenvalue weighted by Gasteiger charge is 2.05. The third-order valence-electron chi connectivity index (χ3n) is 3.86. The van der Waals surface area contributed by atoms with E-state index in [-0.39, 0.29) is 5.56 Å². The highest BCUT2D eigenvalue weighted by Crippen LogP contribution is 2.19. The molecular weight excluding hydrogens is 304 g/mol. The summed E-state index contributed by atoms with van der Waals surface area (Å²) in [5.74, 6) is 0. The van der Waals surface area contributed by atoms with Gasteiger partial charge in [0.1, 0.15) is 4.83 Å². The Morgan fingerprint density at radius 2 is 1.65 bits per heavy atom. The topological polar surface area (TPSA) is 34.9 Å². The van der Waals surface area contributed by atoms with Crippen LogP contribution in [0, 0.1) is 0 Å². The fourth-order valence-corrected chi connectivity index (χ4v) is 3.36. The molecule has 0 saturated heterocycles. The van der Waals surface area contributed by atoms with Gasteiger partial charge in [-0.1, -0.05) is 54.6 Å². The number of rotatable bonds is 3. The first-order chi connectivity index (χ1) is 11.3. The van der Waals surface area contributed by atoms with E-state index in [0.717, 1.165) is 10.4 Å². The first-order valence-electron chi connectivity index (χ1n) is 7.38. The second-order valence-electron chi connectivity index (χ2n) is 5.38. The Hall–Kier alpha value is -2.72. The zero-order chi connectivity index (χ0) is 15.6. The second kappa shape index (κ2) is 5.82. The minimum atomic E-state index is 0.0170. The predicted molar refractivity (Wildman–Crippen MR) is 94.9 cm³/mol. The van der Waals surface area contributed by atoms with Crippen molar-refractivity contribution in [3.05, 3.63) is 88.3 Å². The van der Waals surface area contributed by atoms with E-state index < -0.39 is 0 Å². The number of thiophene rings is 1. The number of hydrogen-bond acceptors (Lipinski definition) is 3. The third kappa shape index (κ3) is 2.69. The molecule has 2 aromatic heterocycles. The lowest BCUT2D eigenvalue weighted by molar-refractivity contribution is 0.749. The highest BCUT2D eigenvalue weighted by molar-refractivity contribution is 7.16. The van der Waals surface area contributed by atoms with Crippen molar-refractivity contribution < 1.29 is 0 Å². The van der Waals surface area contributed by atoms with Crippen LogP contribution in [-0.4, -0.2) is 9.55 Å². The molecule has 0 spiro atoms. The van der Waals surface area contributed by atoms with Crippen LogP contribution in [-0.2, 0) is 6.54 Å². The van der Waals surface area contributed by atoms with Crippen LogP contribution in [0.2, 0.25) is 0 Å². The zero-order valence-corrected chi connectivity index (χ0v) is 13.2. The molecule has 2 heterocycles. The minimum Gasteiger partial charge on any atom is -0.294 e. The fourth-order valence-electron chi connectivity index (χ4n) is 2.64. The van der Waals surface area contributed by atoms with Gasteiger partial charge >= 0.3 is 0 Å². The van der Waals surface area contributed by atoms with Gasteiger partial charge in [-0.25, -0.2) is 4.98 Å². The molecule has 0 atom stereocenters. The summed E-state index contributed by atoms with van der Waals surface area (Å²) in [4.78, 5) is 17.6. The minimum absolute atomic E-state index is 0.0170. The molecule has 4 aromatic rings. The van der Waals surface area contributed by atoms with Crippen molar-refractivity contribution in [3.8, 4) is 11.1 Å². The van der Waals surface area contributed by atoms with Crippen LogP contribution in [0.1, 0.15) is 5.56 Å². The van der Waals surface area contributed by atoms with Gasteiger partial charge in [0.25, 0.3) is 5.56 Å². The van der Waals surface area contributed by atoms with Crippen molar-refractivity contribution in [2.24, 2.45) is 0 Å². The Bertz CT molecular complexity index is 1000. The van der Waals surface area contributed by atoms with E-state index in [1.165, 1.54) is 22.5 Å². The molecule has 3 nitrogen and oxygen atoms in total. The van der Waals surface area contributed by atoms with Crippen molar-refractivity contribution in [1.29, 1.82) is 0 Å². The predicted octanol–water partition coefficient (Wildman–Crippen LogP) is 4.17. The molecule has 4 rings (SSSR count). The molecule has 4 heteroatoms. The molecule has 0 radical (unpaired) electrons. The maximum atomic E-state index is 12.4. The van der Waals surface area contributed by atoms with Crippen LogP contribution in [0.4, 0.5) is 0 Å². The first kappa shape index (κ1) is 13.9. The summed E-state index contributed by atoms with van der Waals surface area (Å²) in [6.07, 6.45) is 1.63. The largest absolute Gasteiger partial charge is 0.294 e. The van der Waals surface area contributed by atoms with Crippen LogP contribution in [0.25, 0.3) is 21.3 Å². The van der Waals surface area contributed by atoms with E-state index in [1.54, 1.807) is 10.9 Å². The summed E-state index contributed by atoms with van der Waals surface area (Å²) < 4.78 is 1.66. The zero-order valence-electron chi connectivity index (χ0n) is 12.3. The summed E-state index contributed by atoms with van der Waals surface area (Å²) in [5, 5.41) is 2.59. The molecule has 0 aliphatic rings. The molecule has 0 aliphatic heterocycles. The Morgan fingerprint density at radius 1 is 0.913 bits per heavy atom. The normalized spacial score (nSPS) is 11.0. The van der Waals surface area contributed by atoms with Gasteiger partial charge in [-0.2, -0.15) is 0 Å². The Labute approximate surface area is 137 Å². The molecule has 0 saturated carbocycles.